The fourth-order valence-corrected chi connectivity index (χ4v) is 2.87. The maximum Gasteiger partial charge on any atom is 0.270 e. The van der Waals surface area contributed by atoms with Crippen molar-refractivity contribution in [3.05, 3.63) is 41.3 Å². The summed E-state index contributed by atoms with van der Waals surface area (Å²) in [5.74, 6) is 1.01. The number of hydrogen-bond donors (Lipinski definition) is 1. The average Bonchev–Trinajstić information content (AvgIpc) is 3.08. The minimum atomic E-state index is -0.279. The lowest BCUT2D eigenvalue weighted by Gasteiger charge is -2.29. The fraction of sp³-hybridized carbons (Fsp3) is 0.471. The van der Waals surface area contributed by atoms with Gasteiger partial charge in [-0.05, 0) is 31.9 Å². The highest BCUT2D eigenvalue weighted by Crippen LogP contribution is 2.25. The molecule has 0 unspecified atom stereocenters. The summed E-state index contributed by atoms with van der Waals surface area (Å²) in [6, 6.07) is 5.28. The first-order valence-electron chi connectivity index (χ1n) is 8.33. The molecule has 0 saturated carbocycles. The molecule has 8 nitrogen and oxygen atoms in total. The molecule has 0 aliphatic carbocycles. The number of nitrogens with zero attached hydrogens (tertiary/aromatic N) is 4. The summed E-state index contributed by atoms with van der Waals surface area (Å²) in [6.07, 6.45) is 1.64. The lowest BCUT2D eigenvalue weighted by molar-refractivity contribution is -0.129. The third kappa shape index (κ3) is 4.20. The van der Waals surface area contributed by atoms with Crippen LogP contribution in [0.3, 0.4) is 0 Å². The summed E-state index contributed by atoms with van der Waals surface area (Å²) in [5, 5.41) is 6.75. The number of pyridine rings is 1. The second kappa shape index (κ2) is 7.42. The second-order valence-corrected chi connectivity index (χ2v) is 6.17. The van der Waals surface area contributed by atoms with Crippen molar-refractivity contribution in [2.45, 2.75) is 39.2 Å². The summed E-state index contributed by atoms with van der Waals surface area (Å²) in [6.45, 7) is 4.99. The van der Waals surface area contributed by atoms with Gasteiger partial charge in [0.05, 0.1) is 6.54 Å². The van der Waals surface area contributed by atoms with Crippen molar-refractivity contribution >= 4 is 11.8 Å². The first-order chi connectivity index (χ1) is 12.0. The molecule has 2 aromatic heterocycles. The summed E-state index contributed by atoms with van der Waals surface area (Å²) in [7, 11) is 0. The molecule has 2 aromatic rings. The highest BCUT2D eigenvalue weighted by Gasteiger charge is 2.25. The quantitative estimate of drug-likeness (QED) is 0.901. The lowest BCUT2D eigenvalue weighted by Crippen LogP contribution is -2.36. The summed E-state index contributed by atoms with van der Waals surface area (Å²) in [4.78, 5) is 33.8. The van der Waals surface area contributed by atoms with E-state index in [0.717, 1.165) is 18.5 Å². The smallest absolute Gasteiger partial charge is 0.270 e. The molecule has 132 valence electrons. The fourth-order valence-electron chi connectivity index (χ4n) is 2.87. The van der Waals surface area contributed by atoms with Gasteiger partial charge in [0.2, 0.25) is 11.8 Å². The normalized spacial score (nSPS) is 15.2. The number of piperidine rings is 1. The van der Waals surface area contributed by atoms with Gasteiger partial charge < -0.3 is 14.7 Å². The van der Waals surface area contributed by atoms with Crippen molar-refractivity contribution in [1.29, 1.82) is 0 Å². The Hall–Kier alpha value is -2.77. The molecule has 8 heteroatoms. The highest BCUT2D eigenvalue weighted by molar-refractivity contribution is 5.92. The molecule has 0 radical (unpaired) electrons. The van der Waals surface area contributed by atoms with E-state index in [9.17, 15) is 9.59 Å². The third-order valence-electron chi connectivity index (χ3n) is 4.31. The van der Waals surface area contributed by atoms with Crippen molar-refractivity contribution < 1.29 is 14.1 Å². The number of aromatic nitrogens is 3. The van der Waals surface area contributed by atoms with Gasteiger partial charge in [-0.25, -0.2) is 4.98 Å². The molecule has 25 heavy (non-hydrogen) atoms. The maximum absolute atomic E-state index is 12.1. The van der Waals surface area contributed by atoms with Crippen LogP contribution in [0.25, 0.3) is 0 Å². The van der Waals surface area contributed by atoms with Crippen LogP contribution >= 0.6 is 0 Å². The van der Waals surface area contributed by atoms with Gasteiger partial charge in [-0.1, -0.05) is 11.2 Å². The Balaban J connectivity index is 1.54. The largest absolute Gasteiger partial charge is 0.343 e. The molecule has 0 atom stereocenters. The summed E-state index contributed by atoms with van der Waals surface area (Å²) >= 11 is 0. The van der Waals surface area contributed by atoms with Gasteiger partial charge in [0, 0.05) is 31.6 Å². The van der Waals surface area contributed by atoms with Crippen molar-refractivity contribution in [2.75, 3.05) is 13.1 Å². The van der Waals surface area contributed by atoms with Crippen LogP contribution in [0.2, 0.25) is 0 Å². The summed E-state index contributed by atoms with van der Waals surface area (Å²) < 4.78 is 5.23. The van der Waals surface area contributed by atoms with Gasteiger partial charge in [0.15, 0.2) is 5.82 Å². The van der Waals surface area contributed by atoms with Crippen LogP contribution in [0.4, 0.5) is 0 Å². The molecule has 3 heterocycles. The van der Waals surface area contributed by atoms with Crippen molar-refractivity contribution in [1.82, 2.24) is 25.3 Å². The molecule has 1 saturated heterocycles. The minimum absolute atomic E-state index is 0.0970. The van der Waals surface area contributed by atoms with E-state index in [1.54, 1.807) is 19.1 Å². The number of carbonyl (C=O) groups excluding carboxylic acids is 2. The van der Waals surface area contributed by atoms with Gasteiger partial charge in [0.25, 0.3) is 5.91 Å². The topological polar surface area (TPSA) is 101 Å². The lowest BCUT2D eigenvalue weighted by atomic mass is 9.96. The molecule has 3 rings (SSSR count). The number of hydrogen-bond acceptors (Lipinski definition) is 6. The Bertz CT molecular complexity index is 765. The molecule has 1 N–H and O–H groups in total. The van der Waals surface area contributed by atoms with E-state index in [2.05, 4.69) is 20.4 Å². The number of nitrogens with one attached hydrogen (secondary N) is 1. The minimum Gasteiger partial charge on any atom is -0.343 e. The van der Waals surface area contributed by atoms with E-state index in [4.69, 9.17) is 4.52 Å². The predicted molar refractivity (Wildman–Crippen MR) is 88.7 cm³/mol. The van der Waals surface area contributed by atoms with Gasteiger partial charge >= 0.3 is 0 Å². The first-order valence-corrected chi connectivity index (χ1v) is 8.33. The van der Waals surface area contributed by atoms with Crippen molar-refractivity contribution in [3.63, 3.8) is 0 Å². The van der Waals surface area contributed by atoms with Crippen LogP contribution in [0.5, 0.6) is 0 Å². The Labute approximate surface area is 145 Å². The molecular formula is C17H21N5O3. The van der Waals surface area contributed by atoms with Crippen molar-refractivity contribution in [3.8, 4) is 0 Å². The van der Waals surface area contributed by atoms with E-state index >= 15 is 0 Å². The molecule has 0 aromatic carbocycles. The van der Waals surface area contributed by atoms with Crippen LogP contribution < -0.4 is 5.32 Å². The first kappa shape index (κ1) is 17.1. The predicted octanol–water partition coefficient (Wildman–Crippen LogP) is 1.43. The van der Waals surface area contributed by atoms with Gasteiger partial charge in [-0.2, -0.15) is 4.98 Å². The number of amides is 2. The molecule has 0 spiro atoms. The van der Waals surface area contributed by atoms with Crippen LogP contribution in [0, 0.1) is 6.92 Å². The summed E-state index contributed by atoms with van der Waals surface area (Å²) in [5.41, 5.74) is 1.14. The number of likely N-dealkylation sites (tertiary alicyclic amines) is 1. The zero-order valence-electron chi connectivity index (χ0n) is 14.4. The van der Waals surface area contributed by atoms with Crippen LogP contribution in [-0.2, 0) is 11.3 Å². The Kier molecular flexibility index (Phi) is 5.06. The maximum atomic E-state index is 12.1. The van der Waals surface area contributed by atoms with E-state index in [0.29, 0.717) is 30.5 Å². The molecule has 1 fully saturated rings. The number of carbonyl (C=O) groups is 2. The zero-order chi connectivity index (χ0) is 17.8. The van der Waals surface area contributed by atoms with E-state index in [-0.39, 0.29) is 24.3 Å². The zero-order valence-corrected chi connectivity index (χ0v) is 14.4. The van der Waals surface area contributed by atoms with Crippen LogP contribution in [0.15, 0.2) is 22.7 Å². The monoisotopic (exact) mass is 343 g/mol. The molecule has 1 aliphatic heterocycles. The van der Waals surface area contributed by atoms with Gasteiger partial charge in [-0.15, -0.1) is 0 Å². The molecule has 2 amide bonds. The van der Waals surface area contributed by atoms with Crippen LogP contribution in [0.1, 0.15) is 53.6 Å². The molecule has 1 aliphatic rings. The SMILES string of the molecule is CC(=O)N1CCC(c2noc(CNC(=O)c3cccc(C)n3)n2)CC1. The van der Waals surface area contributed by atoms with Gasteiger partial charge in [0.1, 0.15) is 5.69 Å². The average molecular weight is 343 g/mol. The number of aryl methyl sites for hydroxylation is 1. The van der Waals surface area contributed by atoms with E-state index in [1.807, 2.05) is 17.9 Å². The van der Waals surface area contributed by atoms with E-state index in [1.165, 1.54) is 0 Å². The third-order valence-corrected chi connectivity index (χ3v) is 4.31. The Morgan fingerprint density at radius 1 is 1.28 bits per heavy atom. The number of rotatable bonds is 4. The van der Waals surface area contributed by atoms with Gasteiger partial charge in [-0.3, -0.25) is 9.59 Å². The molecular weight excluding hydrogens is 322 g/mol. The van der Waals surface area contributed by atoms with Crippen LogP contribution in [-0.4, -0.2) is 44.9 Å². The van der Waals surface area contributed by atoms with E-state index < -0.39 is 0 Å². The highest BCUT2D eigenvalue weighted by atomic mass is 16.5. The standard InChI is InChI=1S/C17H21N5O3/c1-11-4-3-5-14(19-11)17(24)18-10-15-20-16(21-25-15)13-6-8-22(9-7-13)12(2)23/h3-5,13H,6-10H2,1-2H3,(H,18,24). The second-order valence-electron chi connectivity index (χ2n) is 6.17. The van der Waals surface area contributed by atoms with Crippen molar-refractivity contribution in [2.24, 2.45) is 0 Å². The molecule has 0 bridgehead atoms. The Morgan fingerprint density at radius 2 is 2.04 bits per heavy atom. The Morgan fingerprint density at radius 3 is 2.72 bits per heavy atom.